The molecule has 1 amide bonds. The molecule has 8 heteroatoms. The molecule has 4 aliphatic rings. The summed E-state index contributed by atoms with van der Waals surface area (Å²) in [4.78, 5) is 15.0. The van der Waals surface area contributed by atoms with E-state index < -0.39 is 0 Å². The van der Waals surface area contributed by atoms with Crippen LogP contribution in [0, 0.1) is 5.92 Å². The normalized spacial score (nSPS) is 39.0. The number of aromatic nitrogens is 3. The molecule has 23 heavy (non-hydrogen) atoms. The molecule has 1 aliphatic carbocycles. The maximum atomic E-state index is 13.0. The van der Waals surface area contributed by atoms with Gasteiger partial charge < -0.3 is 9.64 Å². The van der Waals surface area contributed by atoms with E-state index >= 15 is 0 Å². The van der Waals surface area contributed by atoms with Gasteiger partial charge in [0, 0.05) is 25.0 Å². The van der Waals surface area contributed by atoms with E-state index in [1.54, 1.807) is 6.20 Å². The van der Waals surface area contributed by atoms with E-state index in [1.165, 1.54) is 12.8 Å². The van der Waals surface area contributed by atoms with Crippen molar-refractivity contribution in [3.63, 3.8) is 0 Å². The number of nitrogens with zero attached hydrogens (tertiary/aromatic N) is 4. The van der Waals surface area contributed by atoms with Crippen LogP contribution in [0.2, 0.25) is 0 Å². The minimum absolute atomic E-state index is 0.0845. The van der Waals surface area contributed by atoms with Crippen LogP contribution >= 0.6 is 0 Å². The molecular weight excluding hydrogens is 296 g/mol. The van der Waals surface area contributed by atoms with Crippen molar-refractivity contribution in [1.29, 1.82) is 0 Å². The Kier molecular flexibility index (Phi) is 3.17. The quantitative estimate of drug-likeness (QED) is 0.733. The van der Waals surface area contributed by atoms with E-state index in [2.05, 4.69) is 21.2 Å². The van der Waals surface area contributed by atoms with Crippen LogP contribution in [0.25, 0.3) is 0 Å². The van der Waals surface area contributed by atoms with Crippen LogP contribution in [-0.4, -0.2) is 57.1 Å². The molecule has 1 aromatic rings. The standard InChI is InChI=1S/C15H22N6O2/c22-15(14-10-2-1-3-11(10)17-18-14)20-5-4-13-12(7-20)21-9(8-23-13)6-16-19-21/h6,10-14,17-18H,1-5,7-8H2/t10?,11?,12-,13-,14?/m1/s1. The van der Waals surface area contributed by atoms with Gasteiger partial charge in [-0.15, -0.1) is 5.10 Å². The van der Waals surface area contributed by atoms with Crippen LogP contribution < -0.4 is 10.9 Å². The monoisotopic (exact) mass is 318 g/mol. The van der Waals surface area contributed by atoms with Gasteiger partial charge in [0.1, 0.15) is 6.04 Å². The third-order valence-corrected chi connectivity index (χ3v) is 5.93. The van der Waals surface area contributed by atoms with E-state index in [1.807, 2.05) is 9.58 Å². The Bertz CT molecular complexity index is 619. The zero-order valence-corrected chi connectivity index (χ0v) is 13.0. The van der Waals surface area contributed by atoms with Crippen molar-refractivity contribution in [2.75, 3.05) is 13.1 Å². The first kappa shape index (κ1) is 13.9. The average molecular weight is 318 g/mol. The maximum absolute atomic E-state index is 13.0. The second kappa shape index (κ2) is 5.25. The number of carbonyl (C=O) groups excluding carboxylic acids is 1. The lowest BCUT2D eigenvalue weighted by molar-refractivity contribution is -0.140. The van der Waals surface area contributed by atoms with Gasteiger partial charge >= 0.3 is 0 Å². The van der Waals surface area contributed by atoms with Crippen molar-refractivity contribution in [3.05, 3.63) is 11.9 Å². The van der Waals surface area contributed by atoms with E-state index in [-0.39, 0.29) is 24.1 Å². The lowest BCUT2D eigenvalue weighted by atomic mass is 9.94. The van der Waals surface area contributed by atoms with Crippen molar-refractivity contribution in [2.45, 2.75) is 56.5 Å². The topological polar surface area (TPSA) is 84.3 Å². The fraction of sp³-hybridized carbons (Fsp3) is 0.800. The Hall–Kier alpha value is -1.51. The van der Waals surface area contributed by atoms with E-state index in [0.717, 1.165) is 25.1 Å². The molecule has 8 nitrogen and oxygen atoms in total. The largest absolute Gasteiger partial charge is 0.370 e. The van der Waals surface area contributed by atoms with Crippen LogP contribution in [0.1, 0.15) is 37.4 Å². The maximum Gasteiger partial charge on any atom is 0.241 e. The first-order chi connectivity index (χ1) is 11.3. The lowest BCUT2D eigenvalue weighted by Gasteiger charge is -2.41. The van der Waals surface area contributed by atoms with Gasteiger partial charge in [0.2, 0.25) is 5.91 Å². The molecule has 1 saturated carbocycles. The lowest BCUT2D eigenvalue weighted by Crippen LogP contribution is -2.55. The first-order valence-corrected chi connectivity index (χ1v) is 8.62. The number of nitrogens with one attached hydrogen (secondary N) is 2. The summed E-state index contributed by atoms with van der Waals surface area (Å²) in [5.74, 6) is 0.655. The molecule has 0 spiro atoms. The zero-order chi connectivity index (χ0) is 15.4. The Balaban J connectivity index is 1.34. The second-order valence-electron chi connectivity index (χ2n) is 7.13. The summed E-state index contributed by atoms with van der Waals surface area (Å²) >= 11 is 0. The fourth-order valence-electron chi connectivity index (χ4n) is 4.69. The van der Waals surface area contributed by atoms with Crippen molar-refractivity contribution in [3.8, 4) is 0 Å². The number of hydrogen-bond donors (Lipinski definition) is 2. The van der Waals surface area contributed by atoms with Crippen molar-refractivity contribution in [2.24, 2.45) is 5.92 Å². The smallest absolute Gasteiger partial charge is 0.241 e. The highest BCUT2D eigenvalue weighted by Crippen LogP contribution is 2.34. The van der Waals surface area contributed by atoms with Crippen LogP contribution in [0.4, 0.5) is 0 Å². The molecule has 4 heterocycles. The molecule has 2 N–H and O–H groups in total. The number of hydrazine groups is 1. The molecule has 0 bridgehead atoms. The predicted octanol–water partition coefficient (Wildman–Crippen LogP) is -0.405. The number of likely N-dealkylation sites (tertiary alicyclic amines) is 1. The van der Waals surface area contributed by atoms with Crippen LogP contribution in [-0.2, 0) is 16.1 Å². The molecule has 5 rings (SSSR count). The number of hydrogen-bond acceptors (Lipinski definition) is 6. The Labute approximate surface area is 134 Å². The summed E-state index contributed by atoms with van der Waals surface area (Å²) in [5, 5.41) is 8.20. The summed E-state index contributed by atoms with van der Waals surface area (Å²) in [6, 6.07) is 0.466. The molecule has 0 aromatic carbocycles. The third-order valence-electron chi connectivity index (χ3n) is 5.93. The zero-order valence-electron chi connectivity index (χ0n) is 13.0. The van der Waals surface area contributed by atoms with Gasteiger partial charge in [0.25, 0.3) is 0 Å². The molecule has 0 radical (unpaired) electrons. The number of amides is 1. The van der Waals surface area contributed by atoms with Gasteiger partial charge in [-0.3, -0.25) is 10.2 Å². The number of ether oxygens (including phenoxy) is 1. The van der Waals surface area contributed by atoms with Gasteiger partial charge in [0.05, 0.1) is 30.6 Å². The van der Waals surface area contributed by atoms with Gasteiger partial charge in [0.15, 0.2) is 0 Å². The second-order valence-corrected chi connectivity index (χ2v) is 7.13. The summed E-state index contributed by atoms with van der Waals surface area (Å²) in [6.45, 7) is 2.00. The molecular formula is C15H22N6O2. The highest BCUT2D eigenvalue weighted by Gasteiger charge is 2.46. The number of piperidine rings is 1. The predicted molar refractivity (Wildman–Crippen MR) is 80.0 cm³/mol. The molecule has 124 valence electrons. The van der Waals surface area contributed by atoms with E-state index in [0.29, 0.717) is 25.1 Å². The molecule has 3 aliphatic heterocycles. The van der Waals surface area contributed by atoms with Gasteiger partial charge in [-0.2, -0.15) is 0 Å². The summed E-state index contributed by atoms with van der Waals surface area (Å²) in [5.41, 5.74) is 7.54. The van der Waals surface area contributed by atoms with Gasteiger partial charge in [-0.25, -0.2) is 10.1 Å². The Morgan fingerprint density at radius 2 is 2.26 bits per heavy atom. The van der Waals surface area contributed by atoms with E-state index in [9.17, 15) is 4.79 Å². The van der Waals surface area contributed by atoms with E-state index in [4.69, 9.17) is 4.74 Å². The van der Waals surface area contributed by atoms with Crippen molar-refractivity contribution >= 4 is 5.91 Å². The van der Waals surface area contributed by atoms with Crippen molar-refractivity contribution < 1.29 is 9.53 Å². The third kappa shape index (κ3) is 2.12. The SMILES string of the molecule is O=C(C1NNC2CCCC21)N1CC[C@H]2OCc3cnnn3[C@@H]2C1. The Morgan fingerprint density at radius 1 is 1.30 bits per heavy atom. The van der Waals surface area contributed by atoms with Gasteiger partial charge in [-0.05, 0) is 19.3 Å². The van der Waals surface area contributed by atoms with Crippen LogP contribution in [0.5, 0.6) is 0 Å². The minimum atomic E-state index is -0.0845. The highest BCUT2D eigenvalue weighted by atomic mass is 16.5. The number of rotatable bonds is 1. The Morgan fingerprint density at radius 3 is 3.22 bits per heavy atom. The summed E-state index contributed by atoms with van der Waals surface area (Å²) in [6.07, 6.45) is 6.28. The van der Waals surface area contributed by atoms with Crippen LogP contribution in [0.3, 0.4) is 0 Å². The fourth-order valence-corrected chi connectivity index (χ4v) is 4.69. The minimum Gasteiger partial charge on any atom is -0.370 e. The molecule has 2 saturated heterocycles. The van der Waals surface area contributed by atoms with Gasteiger partial charge in [-0.1, -0.05) is 11.6 Å². The number of fused-ring (bicyclic) bond motifs is 4. The number of carbonyl (C=O) groups is 1. The molecule has 3 unspecified atom stereocenters. The van der Waals surface area contributed by atoms with Crippen molar-refractivity contribution in [1.82, 2.24) is 30.7 Å². The average Bonchev–Trinajstić information content (AvgIpc) is 3.29. The summed E-state index contributed by atoms with van der Waals surface area (Å²) < 4.78 is 7.87. The first-order valence-electron chi connectivity index (χ1n) is 8.62. The summed E-state index contributed by atoms with van der Waals surface area (Å²) in [7, 11) is 0. The van der Waals surface area contributed by atoms with Crippen LogP contribution in [0.15, 0.2) is 6.20 Å². The molecule has 1 aromatic heterocycles. The molecule has 5 atom stereocenters. The highest BCUT2D eigenvalue weighted by molar-refractivity contribution is 5.83. The molecule has 3 fully saturated rings.